The molecule has 0 radical (unpaired) electrons. The molecule has 0 fully saturated rings. The minimum Gasteiger partial charge on any atom is -0.496 e. The van der Waals surface area contributed by atoms with Crippen LogP contribution in [0.1, 0.15) is 23.6 Å². The highest BCUT2D eigenvalue weighted by atomic mass is 16.5. The lowest BCUT2D eigenvalue weighted by molar-refractivity contribution is 0.404. The zero-order chi connectivity index (χ0) is 10.6. The molecule has 0 amide bonds. The number of hydrogen-bond donors (Lipinski definition) is 2. The molecule has 1 rings (SSSR count). The van der Waals surface area contributed by atoms with E-state index < -0.39 is 0 Å². The van der Waals surface area contributed by atoms with Crippen LogP contribution >= 0.6 is 0 Å². The van der Waals surface area contributed by atoms with Crippen molar-refractivity contribution in [3.63, 3.8) is 0 Å². The van der Waals surface area contributed by atoms with Gasteiger partial charge in [0.1, 0.15) is 5.75 Å². The Morgan fingerprint density at radius 1 is 1.43 bits per heavy atom. The molecule has 0 aromatic heterocycles. The largest absolute Gasteiger partial charge is 0.496 e. The summed E-state index contributed by atoms with van der Waals surface area (Å²) in [6.45, 7) is 2.64. The Morgan fingerprint density at radius 3 is 2.71 bits per heavy atom. The SMILES string of the molecule is COc1ccc(C)cc1C(N)CCN. The second-order valence-electron chi connectivity index (χ2n) is 3.43. The molecule has 1 aromatic rings. The van der Waals surface area contributed by atoms with Gasteiger partial charge in [0.15, 0.2) is 0 Å². The van der Waals surface area contributed by atoms with Crippen molar-refractivity contribution in [2.45, 2.75) is 19.4 Å². The van der Waals surface area contributed by atoms with Crippen LogP contribution in [0, 0.1) is 6.92 Å². The monoisotopic (exact) mass is 194 g/mol. The van der Waals surface area contributed by atoms with Gasteiger partial charge in [-0.15, -0.1) is 0 Å². The zero-order valence-corrected chi connectivity index (χ0v) is 8.79. The number of aryl methyl sites for hydroxylation is 1. The second-order valence-corrected chi connectivity index (χ2v) is 3.43. The maximum absolute atomic E-state index is 5.99. The van der Waals surface area contributed by atoms with Crippen molar-refractivity contribution in [3.05, 3.63) is 29.3 Å². The minimum atomic E-state index is -0.0325. The highest BCUT2D eigenvalue weighted by Crippen LogP contribution is 2.26. The molecule has 1 aromatic carbocycles. The lowest BCUT2D eigenvalue weighted by Gasteiger charge is -2.15. The van der Waals surface area contributed by atoms with Gasteiger partial charge in [0.25, 0.3) is 0 Å². The molecule has 0 spiro atoms. The van der Waals surface area contributed by atoms with Crippen molar-refractivity contribution in [1.29, 1.82) is 0 Å². The van der Waals surface area contributed by atoms with Crippen LogP contribution in [0.4, 0.5) is 0 Å². The summed E-state index contributed by atoms with van der Waals surface area (Å²) < 4.78 is 5.25. The average molecular weight is 194 g/mol. The van der Waals surface area contributed by atoms with Gasteiger partial charge in [-0.05, 0) is 26.0 Å². The Balaban J connectivity index is 2.97. The molecule has 0 aliphatic carbocycles. The topological polar surface area (TPSA) is 61.3 Å². The third-order valence-corrected chi connectivity index (χ3v) is 2.26. The van der Waals surface area contributed by atoms with Crippen molar-refractivity contribution < 1.29 is 4.74 Å². The molecule has 1 unspecified atom stereocenters. The summed E-state index contributed by atoms with van der Waals surface area (Å²) in [6.07, 6.45) is 0.778. The molecule has 0 saturated heterocycles. The van der Waals surface area contributed by atoms with Gasteiger partial charge in [-0.2, -0.15) is 0 Å². The van der Waals surface area contributed by atoms with Gasteiger partial charge in [0.2, 0.25) is 0 Å². The number of nitrogens with two attached hydrogens (primary N) is 2. The third kappa shape index (κ3) is 2.47. The first kappa shape index (κ1) is 11.0. The fourth-order valence-electron chi connectivity index (χ4n) is 1.48. The highest BCUT2D eigenvalue weighted by Gasteiger charge is 2.10. The maximum Gasteiger partial charge on any atom is 0.123 e. The summed E-state index contributed by atoms with van der Waals surface area (Å²) in [5, 5.41) is 0. The minimum absolute atomic E-state index is 0.0325. The molecule has 78 valence electrons. The van der Waals surface area contributed by atoms with E-state index >= 15 is 0 Å². The fraction of sp³-hybridized carbons (Fsp3) is 0.455. The maximum atomic E-state index is 5.99. The van der Waals surface area contributed by atoms with Crippen LogP contribution in [0.15, 0.2) is 18.2 Å². The van der Waals surface area contributed by atoms with Crippen molar-refractivity contribution in [2.75, 3.05) is 13.7 Å². The van der Waals surface area contributed by atoms with E-state index in [1.165, 1.54) is 5.56 Å². The van der Waals surface area contributed by atoms with Crippen LogP contribution in [0.5, 0.6) is 5.75 Å². The average Bonchev–Trinajstić information content (AvgIpc) is 2.18. The number of ether oxygens (including phenoxy) is 1. The Labute approximate surface area is 85.0 Å². The summed E-state index contributed by atoms with van der Waals surface area (Å²) in [5.41, 5.74) is 13.7. The quantitative estimate of drug-likeness (QED) is 0.760. The van der Waals surface area contributed by atoms with Gasteiger partial charge >= 0.3 is 0 Å². The number of benzene rings is 1. The number of rotatable bonds is 4. The van der Waals surface area contributed by atoms with Crippen LogP contribution in [-0.4, -0.2) is 13.7 Å². The predicted octanol–water partition coefficient (Wildman–Crippen LogP) is 1.35. The zero-order valence-electron chi connectivity index (χ0n) is 8.79. The first-order valence-corrected chi connectivity index (χ1v) is 4.79. The van der Waals surface area contributed by atoms with Crippen LogP contribution < -0.4 is 16.2 Å². The summed E-state index contributed by atoms with van der Waals surface area (Å²) in [7, 11) is 1.66. The first-order chi connectivity index (χ1) is 6.69. The van der Waals surface area contributed by atoms with E-state index in [2.05, 4.69) is 6.07 Å². The van der Waals surface area contributed by atoms with Crippen molar-refractivity contribution >= 4 is 0 Å². The van der Waals surface area contributed by atoms with E-state index in [-0.39, 0.29) is 6.04 Å². The summed E-state index contributed by atoms with van der Waals surface area (Å²) in [4.78, 5) is 0. The molecule has 0 saturated carbocycles. The summed E-state index contributed by atoms with van der Waals surface area (Å²) >= 11 is 0. The van der Waals surface area contributed by atoms with Gasteiger partial charge in [-0.25, -0.2) is 0 Å². The first-order valence-electron chi connectivity index (χ1n) is 4.79. The molecule has 0 aliphatic rings. The van der Waals surface area contributed by atoms with Gasteiger partial charge in [0.05, 0.1) is 7.11 Å². The molecule has 0 bridgehead atoms. The van der Waals surface area contributed by atoms with E-state index in [4.69, 9.17) is 16.2 Å². The molecular formula is C11H18N2O. The number of hydrogen-bond acceptors (Lipinski definition) is 3. The highest BCUT2D eigenvalue weighted by molar-refractivity contribution is 5.38. The Hall–Kier alpha value is -1.06. The van der Waals surface area contributed by atoms with E-state index in [9.17, 15) is 0 Å². The van der Waals surface area contributed by atoms with E-state index in [0.717, 1.165) is 17.7 Å². The Morgan fingerprint density at radius 2 is 2.14 bits per heavy atom. The summed E-state index contributed by atoms with van der Waals surface area (Å²) in [5.74, 6) is 0.844. The van der Waals surface area contributed by atoms with Crippen LogP contribution in [-0.2, 0) is 0 Å². The molecule has 1 atom stereocenters. The molecule has 3 nitrogen and oxygen atoms in total. The lowest BCUT2D eigenvalue weighted by Crippen LogP contribution is -2.16. The molecular weight excluding hydrogens is 176 g/mol. The standard InChI is InChI=1S/C11H18N2O/c1-8-3-4-11(14-2)9(7-8)10(13)5-6-12/h3-4,7,10H,5-6,12-13H2,1-2H3. The smallest absolute Gasteiger partial charge is 0.123 e. The van der Waals surface area contributed by atoms with Gasteiger partial charge in [-0.3, -0.25) is 0 Å². The molecule has 3 heteroatoms. The van der Waals surface area contributed by atoms with E-state index in [1.807, 2.05) is 19.1 Å². The normalized spacial score (nSPS) is 12.6. The van der Waals surface area contributed by atoms with E-state index in [0.29, 0.717) is 6.54 Å². The molecule has 14 heavy (non-hydrogen) atoms. The van der Waals surface area contributed by atoms with Crippen LogP contribution in [0.25, 0.3) is 0 Å². The summed E-state index contributed by atoms with van der Waals surface area (Å²) in [6, 6.07) is 5.98. The number of methoxy groups -OCH3 is 1. The van der Waals surface area contributed by atoms with Gasteiger partial charge < -0.3 is 16.2 Å². The van der Waals surface area contributed by atoms with Crippen molar-refractivity contribution in [3.8, 4) is 5.75 Å². The molecule has 0 aliphatic heterocycles. The van der Waals surface area contributed by atoms with E-state index in [1.54, 1.807) is 7.11 Å². The van der Waals surface area contributed by atoms with Crippen LogP contribution in [0.3, 0.4) is 0 Å². The van der Waals surface area contributed by atoms with Crippen molar-refractivity contribution in [2.24, 2.45) is 11.5 Å². The Bertz CT molecular complexity index is 299. The lowest BCUT2D eigenvalue weighted by atomic mass is 10.0. The van der Waals surface area contributed by atoms with Crippen LogP contribution in [0.2, 0.25) is 0 Å². The third-order valence-electron chi connectivity index (χ3n) is 2.26. The molecule has 0 heterocycles. The predicted molar refractivity (Wildman–Crippen MR) is 58.3 cm³/mol. The molecule has 4 N–H and O–H groups in total. The fourth-order valence-corrected chi connectivity index (χ4v) is 1.48. The van der Waals surface area contributed by atoms with Crippen molar-refractivity contribution in [1.82, 2.24) is 0 Å². The second kappa shape index (κ2) is 4.98. The van der Waals surface area contributed by atoms with Gasteiger partial charge in [0, 0.05) is 11.6 Å². The van der Waals surface area contributed by atoms with Gasteiger partial charge in [-0.1, -0.05) is 17.7 Å². The Kier molecular flexibility index (Phi) is 3.92.